The van der Waals surface area contributed by atoms with Crippen molar-refractivity contribution in [2.45, 2.75) is 0 Å². The van der Waals surface area contributed by atoms with E-state index in [9.17, 15) is 0 Å². The Kier molecular flexibility index (Phi) is 4.47. The molecule has 74 valence electrons. The average molecular weight is 213 g/mol. The Labute approximate surface area is 86.4 Å². The van der Waals surface area contributed by atoms with Crippen molar-refractivity contribution < 1.29 is 4.74 Å². The summed E-state index contributed by atoms with van der Waals surface area (Å²) in [5.41, 5.74) is 8.81. The van der Waals surface area contributed by atoms with Crippen molar-refractivity contribution in [3.8, 4) is 5.75 Å². The molecule has 0 radical (unpaired) electrons. The summed E-state index contributed by atoms with van der Waals surface area (Å²) in [6, 6.07) is 7.13. The molecule has 14 heavy (non-hydrogen) atoms. The van der Waals surface area contributed by atoms with E-state index in [-0.39, 0.29) is 0 Å². The Morgan fingerprint density at radius 1 is 1.43 bits per heavy atom. The van der Waals surface area contributed by atoms with Crippen LogP contribution in [0.25, 0.3) is 10.4 Å². The predicted octanol–water partition coefficient (Wildman–Crippen LogP) is 2.94. The van der Waals surface area contributed by atoms with Gasteiger partial charge in [0.25, 0.3) is 0 Å². The lowest BCUT2D eigenvalue weighted by atomic mass is 10.3. The van der Waals surface area contributed by atoms with Crippen molar-refractivity contribution in [2.24, 2.45) is 5.11 Å². The van der Waals surface area contributed by atoms with Gasteiger partial charge < -0.3 is 4.74 Å². The number of anilines is 1. The van der Waals surface area contributed by atoms with Crippen molar-refractivity contribution in [1.29, 1.82) is 0 Å². The minimum Gasteiger partial charge on any atom is -0.493 e. The second-order valence-electron chi connectivity index (χ2n) is 2.42. The van der Waals surface area contributed by atoms with Crippen LogP contribution >= 0.6 is 11.8 Å². The minimum absolute atomic E-state index is 0.325. The number of rotatable bonds is 5. The third-order valence-corrected chi connectivity index (χ3v) is 1.70. The van der Waals surface area contributed by atoms with Gasteiger partial charge in [0.1, 0.15) is 5.75 Å². The summed E-state index contributed by atoms with van der Waals surface area (Å²) in [5, 5.41) is 3.34. The quantitative estimate of drug-likeness (QED) is 0.268. The topological polar surface area (TPSA) is 70.0 Å². The summed E-state index contributed by atoms with van der Waals surface area (Å²) in [6.07, 6.45) is 0. The average Bonchev–Trinajstić information content (AvgIpc) is 2.25. The molecule has 0 saturated heterocycles. The van der Waals surface area contributed by atoms with E-state index in [0.29, 0.717) is 18.9 Å². The third-order valence-electron chi connectivity index (χ3n) is 1.49. The molecule has 0 fully saturated rings. The first kappa shape index (κ1) is 10.5. The molecule has 6 heteroatoms. The largest absolute Gasteiger partial charge is 0.493 e. The van der Waals surface area contributed by atoms with E-state index in [4.69, 9.17) is 22.0 Å². The molecule has 0 amide bonds. The molecule has 0 aliphatic carbocycles. The van der Waals surface area contributed by atoms with E-state index in [1.807, 2.05) is 0 Å². The molecule has 1 aromatic rings. The van der Waals surface area contributed by atoms with Crippen molar-refractivity contribution >= 4 is 17.5 Å². The van der Waals surface area contributed by atoms with Crippen LogP contribution in [0.1, 0.15) is 0 Å². The van der Waals surface area contributed by atoms with Gasteiger partial charge in [-0.1, -0.05) is 5.11 Å². The van der Waals surface area contributed by atoms with E-state index in [1.54, 1.807) is 24.3 Å². The molecule has 1 aromatic carbocycles. The van der Waals surface area contributed by atoms with Crippen molar-refractivity contribution in [2.75, 3.05) is 18.0 Å². The zero-order valence-corrected chi connectivity index (χ0v) is 8.11. The summed E-state index contributed by atoms with van der Waals surface area (Å²) in [5.74, 6) is 0.716. The Morgan fingerprint density at radius 3 is 2.71 bits per heavy atom. The van der Waals surface area contributed by atoms with E-state index < -0.39 is 0 Å². The van der Waals surface area contributed by atoms with E-state index in [2.05, 4.69) is 14.9 Å². The Hall–Kier alpha value is -1.58. The summed E-state index contributed by atoms with van der Waals surface area (Å²) in [4.78, 5) is 5.09. The fraction of sp³-hybridized carbons (Fsp3) is 0.250. The van der Waals surface area contributed by atoms with Gasteiger partial charge in [0.2, 0.25) is 0 Å². The number of benzene rings is 1. The molecule has 0 aliphatic heterocycles. The molecule has 1 rings (SSSR count). The standard InChI is InChI=1S/C8H9ClN4O/c9-12-7-1-3-8(4-2-7)14-6-5-11-13-10/h1-4,12H,5-6H2. The van der Waals surface area contributed by atoms with Crippen LogP contribution in [-0.2, 0) is 0 Å². The number of hydrogen-bond acceptors (Lipinski definition) is 3. The fourth-order valence-electron chi connectivity index (χ4n) is 0.863. The van der Waals surface area contributed by atoms with E-state index in [1.165, 1.54) is 0 Å². The molecular formula is C8H9ClN4O. The van der Waals surface area contributed by atoms with Gasteiger partial charge in [0.05, 0.1) is 13.2 Å². The van der Waals surface area contributed by atoms with Gasteiger partial charge in [-0.05, 0) is 29.8 Å². The van der Waals surface area contributed by atoms with Crippen molar-refractivity contribution in [3.05, 3.63) is 34.7 Å². The van der Waals surface area contributed by atoms with Gasteiger partial charge in [-0.15, -0.1) is 0 Å². The number of halogens is 1. The smallest absolute Gasteiger partial charge is 0.119 e. The lowest BCUT2D eigenvalue weighted by Gasteiger charge is -2.04. The molecule has 0 heterocycles. The van der Waals surface area contributed by atoms with Crippen LogP contribution < -0.4 is 9.57 Å². The first-order valence-corrected chi connectivity index (χ1v) is 4.35. The molecule has 0 unspecified atom stereocenters. The highest BCUT2D eigenvalue weighted by Gasteiger charge is 1.93. The fourth-order valence-corrected chi connectivity index (χ4v) is 0.989. The Balaban J connectivity index is 2.39. The maximum atomic E-state index is 8.01. The molecule has 0 aliphatic rings. The number of hydrogen-bond donors (Lipinski definition) is 1. The third kappa shape index (κ3) is 3.43. The van der Waals surface area contributed by atoms with Crippen LogP contribution in [0, 0.1) is 0 Å². The SMILES string of the molecule is [N-]=[N+]=NCCOc1ccc(NCl)cc1. The van der Waals surface area contributed by atoms with Gasteiger partial charge >= 0.3 is 0 Å². The summed E-state index contributed by atoms with van der Waals surface area (Å²) in [7, 11) is 0. The summed E-state index contributed by atoms with van der Waals surface area (Å²) >= 11 is 5.38. The highest BCUT2D eigenvalue weighted by molar-refractivity contribution is 6.23. The zero-order chi connectivity index (χ0) is 10.2. The molecule has 0 aromatic heterocycles. The summed E-state index contributed by atoms with van der Waals surface area (Å²) in [6.45, 7) is 0.698. The summed E-state index contributed by atoms with van der Waals surface area (Å²) < 4.78 is 5.27. The van der Waals surface area contributed by atoms with Crippen LogP contribution in [-0.4, -0.2) is 13.2 Å². The van der Waals surface area contributed by atoms with Crippen LogP contribution in [0.2, 0.25) is 0 Å². The van der Waals surface area contributed by atoms with Gasteiger partial charge in [0.15, 0.2) is 0 Å². The van der Waals surface area contributed by atoms with Gasteiger partial charge in [-0.25, -0.2) is 0 Å². The Morgan fingerprint density at radius 2 is 2.14 bits per heavy atom. The highest BCUT2D eigenvalue weighted by atomic mass is 35.5. The number of nitrogens with zero attached hydrogens (tertiary/aromatic N) is 3. The predicted molar refractivity (Wildman–Crippen MR) is 55.4 cm³/mol. The van der Waals surface area contributed by atoms with E-state index >= 15 is 0 Å². The highest BCUT2D eigenvalue weighted by Crippen LogP contribution is 2.15. The molecule has 0 saturated carbocycles. The molecule has 0 spiro atoms. The van der Waals surface area contributed by atoms with Crippen LogP contribution in [0.4, 0.5) is 5.69 Å². The molecule has 0 atom stereocenters. The van der Waals surface area contributed by atoms with Gasteiger partial charge in [-0.2, -0.15) is 0 Å². The number of ether oxygens (including phenoxy) is 1. The van der Waals surface area contributed by atoms with E-state index in [0.717, 1.165) is 5.69 Å². The lowest BCUT2D eigenvalue weighted by Crippen LogP contribution is -1.99. The molecule has 5 nitrogen and oxygen atoms in total. The number of azide groups is 1. The minimum atomic E-state index is 0.325. The second kappa shape index (κ2) is 5.96. The maximum Gasteiger partial charge on any atom is 0.119 e. The molecular weight excluding hydrogens is 204 g/mol. The molecule has 0 bridgehead atoms. The first-order chi connectivity index (χ1) is 6.86. The van der Waals surface area contributed by atoms with Crippen LogP contribution in [0.3, 0.4) is 0 Å². The van der Waals surface area contributed by atoms with Gasteiger partial charge in [0, 0.05) is 22.4 Å². The van der Waals surface area contributed by atoms with Crippen molar-refractivity contribution in [3.63, 3.8) is 0 Å². The zero-order valence-electron chi connectivity index (χ0n) is 7.35. The first-order valence-electron chi connectivity index (χ1n) is 3.97. The molecule has 1 N–H and O–H groups in total. The lowest BCUT2D eigenvalue weighted by molar-refractivity contribution is 0.328. The van der Waals surface area contributed by atoms with Crippen LogP contribution in [0.15, 0.2) is 29.4 Å². The monoisotopic (exact) mass is 212 g/mol. The normalized spacial score (nSPS) is 8.93. The Bertz CT molecular complexity index is 321. The maximum absolute atomic E-state index is 8.01. The second-order valence-corrected chi connectivity index (χ2v) is 2.61. The van der Waals surface area contributed by atoms with Gasteiger partial charge in [-0.3, -0.25) is 4.84 Å². The van der Waals surface area contributed by atoms with Crippen LogP contribution in [0.5, 0.6) is 5.75 Å². The van der Waals surface area contributed by atoms with Crippen molar-refractivity contribution in [1.82, 2.24) is 0 Å². The number of nitrogens with one attached hydrogen (secondary N) is 1.